The lowest BCUT2D eigenvalue weighted by Gasteiger charge is -2.25. The Bertz CT molecular complexity index is 1250. The lowest BCUT2D eigenvalue weighted by atomic mass is 10.1. The highest BCUT2D eigenvalue weighted by Crippen LogP contribution is 2.26. The van der Waals surface area contributed by atoms with Gasteiger partial charge in [-0.3, -0.25) is 9.78 Å². The Morgan fingerprint density at radius 1 is 1.09 bits per heavy atom. The van der Waals surface area contributed by atoms with Crippen LogP contribution in [0.3, 0.4) is 0 Å². The highest BCUT2D eigenvalue weighted by atomic mass is 35.5. The van der Waals surface area contributed by atoms with Gasteiger partial charge in [0.15, 0.2) is 0 Å². The van der Waals surface area contributed by atoms with Crippen LogP contribution in [0.15, 0.2) is 85.3 Å². The largest absolute Gasteiger partial charge is 0.376 e. The zero-order chi connectivity index (χ0) is 24.0. The Morgan fingerprint density at radius 3 is 2.63 bits per heavy atom. The molecule has 0 aliphatic carbocycles. The summed E-state index contributed by atoms with van der Waals surface area (Å²) in [7, 11) is 0. The summed E-state index contributed by atoms with van der Waals surface area (Å²) in [5, 5.41) is 5.51. The Hall–Kier alpha value is -3.48. The summed E-state index contributed by atoms with van der Waals surface area (Å²) in [6, 6.07) is 21.4. The number of carbonyl (C=O) groups is 1. The second-order valence-corrected chi connectivity index (χ2v) is 9.17. The number of para-hydroxylation sites is 1. The van der Waals surface area contributed by atoms with Crippen LogP contribution in [-0.2, 0) is 22.5 Å². The summed E-state index contributed by atoms with van der Waals surface area (Å²) in [6.07, 6.45) is 7.80. The molecule has 1 aliphatic rings. The molecule has 3 heterocycles. The van der Waals surface area contributed by atoms with E-state index in [4.69, 9.17) is 21.4 Å². The number of rotatable bonds is 8. The first-order valence-corrected chi connectivity index (χ1v) is 12.2. The molecule has 0 bridgehead atoms. The monoisotopic (exact) mass is 486 g/mol. The first-order valence-electron chi connectivity index (χ1n) is 11.8. The minimum atomic E-state index is 0.0344. The third kappa shape index (κ3) is 5.78. The van der Waals surface area contributed by atoms with E-state index in [-0.39, 0.29) is 18.4 Å². The van der Waals surface area contributed by atoms with Crippen LogP contribution in [0.5, 0.6) is 0 Å². The zero-order valence-electron chi connectivity index (χ0n) is 19.4. The van der Waals surface area contributed by atoms with Crippen LogP contribution in [-0.4, -0.2) is 44.8 Å². The number of hydrogen-bond acceptors (Lipinski definition) is 4. The second-order valence-electron chi connectivity index (χ2n) is 8.74. The van der Waals surface area contributed by atoms with Crippen molar-refractivity contribution in [2.75, 3.05) is 13.2 Å². The van der Waals surface area contributed by atoms with Crippen LogP contribution in [0.2, 0.25) is 5.02 Å². The third-order valence-electron chi connectivity index (χ3n) is 6.17. The molecule has 5 rings (SSSR count). The summed E-state index contributed by atoms with van der Waals surface area (Å²) < 4.78 is 7.68. The third-order valence-corrected chi connectivity index (χ3v) is 6.42. The Kier molecular flexibility index (Phi) is 7.21. The molecule has 7 heteroatoms. The molecule has 2 aromatic carbocycles. The normalized spacial score (nSPS) is 15.3. The maximum absolute atomic E-state index is 13.7. The molecule has 1 amide bonds. The van der Waals surface area contributed by atoms with Gasteiger partial charge >= 0.3 is 0 Å². The van der Waals surface area contributed by atoms with Crippen molar-refractivity contribution in [2.45, 2.75) is 31.9 Å². The molecule has 1 saturated heterocycles. The lowest BCUT2D eigenvalue weighted by molar-refractivity contribution is -0.132. The maximum Gasteiger partial charge on any atom is 0.227 e. The van der Waals surface area contributed by atoms with E-state index in [0.29, 0.717) is 18.1 Å². The molecule has 1 fully saturated rings. The summed E-state index contributed by atoms with van der Waals surface area (Å²) in [4.78, 5) is 19.8. The van der Waals surface area contributed by atoms with Gasteiger partial charge in [-0.05, 0) is 48.7 Å². The van der Waals surface area contributed by atoms with Crippen molar-refractivity contribution in [3.05, 3.63) is 101 Å². The van der Waals surface area contributed by atoms with Crippen LogP contribution in [0.25, 0.3) is 16.9 Å². The fourth-order valence-corrected chi connectivity index (χ4v) is 4.50. The van der Waals surface area contributed by atoms with Gasteiger partial charge in [0.05, 0.1) is 23.9 Å². The number of amides is 1. The van der Waals surface area contributed by atoms with Crippen molar-refractivity contribution in [2.24, 2.45) is 0 Å². The topological polar surface area (TPSA) is 60.2 Å². The highest BCUT2D eigenvalue weighted by molar-refractivity contribution is 6.30. The number of ether oxygens (including phenoxy) is 1. The molecule has 1 unspecified atom stereocenters. The van der Waals surface area contributed by atoms with Crippen molar-refractivity contribution in [3.63, 3.8) is 0 Å². The molecule has 0 spiro atoms. The molecule has 0 saturated carbocycles. The SMILES string of the molecule is O=C(Cc1cn(-c2ccccc2)nc1-c1ccc(Cl)cc1)N(Cc1cccnc1)CC1CCCO1. The summed E-state index contributed by atoms with van der Waals surface area (Å²) >= 11 is 6.12. The molecule has 178 valence electrons. The van der Waals surface area contributed by atoms with Crippen molar-refractivity contribution in [3.8, 4) is 16.9 Å². The van der Waals surface area contributed by atoms with E-state index >= 15 is 0 Å². The molecule has 0 N–H and O–H groups in total. The molecule has 1 atom stereocenters. The van der Waals surface area contributed by atoms with Crippen molar-refractivity contribution < 1.29 is 9.53 Å². The van der Waals surface area contributed by atoms with Gasteiger partial charge in [0.1, 0.15) is 0 Å². The van der Waals surface area contributed by atoms with E-state index < -0.39 is 0 Å². The highest BCUT2D eigenvalue weighted by Gasteiger charge is 2.25. The number of benzene rings is 2. The summed E-state index contributed by atoms with van der Waals surface area (Å²) in [5.74, 6) is 0.0344. The minimum absolute atomic E-state index is 0.0344. The van der Waals surface area contributed by atoms with Crippen molar-refractivity contribution >= 4 is 17.5 Å². The van der Waals surface area contributed by atoms with Gasteiger partial charge in [0, 0.05) is 54.4 Å². The fourth-order valence-electron chi connectivity index (χ4n) is 4.38. The second kappa shape index (κ2) is 10.8. The van der Waals surface area contributed by atoms with E-state index in [2.05, 4.69) is 4.98 Å². The van der Waals surface area contributed by atoms with Crippen molar-refractivity contribution in [1.29, 1.82) is 0 Å². The van der Waals surface area contributed by atoms with Gasteiger partial charge in [-0.2, -0.15) is 5.10 Å². The van der Waals surface area contributed by atoms with Gasteiger partial charge in [0.2, 0.25) is 5.91 Å². The molecule has 0 radical (unpaired) electrons. The standard InChI is InChI=1S/C28H27ClN4O2/c29-24-12-10-22(11-13-24)28-23(19-33(31-28)25-7-2-1-3-8-25)16-27(34)32(20-26-9-5-15-35-26)18-21-6-4-14-30-17-21/h1-4,6-8,10-14,17,19,26H,5,9,15-16,18,20H2. The molecule has 1 aliphatic heterocycles. The van der Waals surface area contributed by atoms with Crippen LogP contribution in [0, 0.1) is 0 Å². The Morgan fingerprint density at radius 2 is 1.91 bits per heavy atom. The molecular formula is C28H27ClN4O2. The van der Waals surface area contributed by atoms with E-state index in [0.717, 1.165) is 47.5 Å². The summed E-state index contributed by atoms with van der Waals surface area (Å²) in [5.41, 5.74) is 4.50. The van der Waals surface area contributed by atoms with Crippen molar-refractivity contribution in [1.82, 2.24) is 19.7 Å². The predicted molar refractivity (Wildman–Crippen MR) is 136 cm³/mol. The van der Waals surface area contributed by atoms with Gasteiger partial charge in [-0.15, -0.1) is 0 Å². The van der Waals surface area contributed by atoms with Gasteiger partial charge in [0.25, 0.3) is 0 Å². The molecule has 6 nitrogen and oxygen atoms in total. The Labute approximate surface area is 210 Å². The number of aromatic nitrogens is 3. The predicted octanol–water partition coefficient (Wildman–Crippen LogP) is 5.34. The van der Waals surface area contributed by atoms with Crippen LogP contribution >= 0.6 is 11.6 Å². The average molecular weight is 487 g/mol. The lowest BCUT2D eigenvalue weighted by Crippen LogP contribution is -2.37. The average Bonchev–Trinajstić information content (AvgIpc) is 3.56. The van der Waals surface area contributed by atoms with Crippen LogP contribution in [0.4, 0.5) is 0 Å². The maximum atomic E-state index is 13.7. The van der Waals surface area contributed by atoms with Gasteiger partial charge < -0.3 is 9.64 Å². The molecular weight excluding hydrogens is 460 g/mol. The van der Waals surface area contributed by atoms with Gasteiger partial charge in [-0.25, -0.2) is 4.68 Å². The molecule has 35 heavy (non-hydrogen) atoms. The summed E-state index contributed by atoms with van der Waals surface area (Å²) in [6.45, 7) is 1.82. The van der Waals surface area contributed by atoms with Crippen LogP contribution < -0.4 is 0 Å². The first-order chi connectivity index (χ1) is 17.2. The molecule has 4 aromatic rings. The van der Waals surface area contributed by atoms with E-state index in [1.54, 1.807) is 6.20 Å². The number of nitrogens with zero attached hydrogens (tertiary/aromatic N) is 4. The minimum Gasteiger partial charge on any atom is -0.376 e. The van der Waals surface area contributed by atoms with E-state index in [1.165, 1.54) is 0 Å². The number of hydrogen-bond donors (Lipinski definition) is 0. The van der Waals surface area contributed by atoms with Gasteiger partial charge in [-0.1, -0.05) is 48.0 Å². The number of pyridine rings is 1. The van der Waals surface area contributed by atoms with E-state index in [1.807, 2.05) is 88.7 Å². The number of carbonyl (C=O) groups excluding carboxylic acids is 1. The fraction of sp³-hybridized carbons (Fsp3) is 0.250. The Balaban J connectivity index is 1.45. The first kappa shape index (κ1) is 23.3. The number of halogens is 1. The zero-order valence-corrected chi connectivity index (χ0v) is 20.1. The van der Waals surface area contributed by atoms with Crippen LogP contribution in [0.1, 0.15) is 24.0 Å². The quantitative estimate of drug-likeness (QED) is 0.337. The molecule has 2 aromatic heterocycles. The van der Waals surface area contributed by atoms with E-state index in [9.17, 15) is 4.79 Å². The smallest absolute Gasteiger partial charge is 0.227 e.